The van der Waals surface area contributed by atoms with Gasteiger partial charge in [0, 0.05) is 6.07 Å². The largest absolute Gasteiger partial charge is 0.480 e. The Morgan fingerprint density at radius 2 is 2.05 bits per heavy atom. The van der Waals surface area contributed by atoms with Gasteiger partial charge in [-0.1, -0.05) is 0 Å². The van der Waals surface area contributed by atoms with E-state index in [0.29, 0.717) is 24.4 Å². The van der Waals surface area contributed by atoms with E-state index in [0.717, 1.165) is 13.0 Å². The van der Waals surface area contributed by atoms with Gasteiger partial charge in [0.1, 0.15) is 5.54 Å². The molecule has 114 valence electrons. The normalized spacial score (nSPS) is 19.6. The maximum atomic E-state index is 13.1. The molecule has 2 rings (SSSR count). The average molecular weight is 330 g/mol. The van der Waals surface area contributed by atoms with Crippen LogP contribution in [0.4, 0.5) is 13.2 Å². The number of methoxy groups -OCH3 is 1. The Kier molecular flexibility index (Phi) is 3.76. The Morgan fingerprint density at radius 3 is 2.45 bits per heavy atom. The summed E-state index contributed by atoms with van der Waals surface area (Å²) in [5.74, 6) is -0.678. The molecule has 0 aliphatic heterocycles. The molecule has 1 aromatic heterocycles. The van der Waals surface area contributed by atoms with Crippen LogP contribution in [-0.2, 0) is 10.0 Å². The molecule has 1 saturated carbocycles. The first kappa shape index (κ1) is 15.5. The van der Waals surface area contributed by atoms with Gasteiger partial charge in [0.05, 0.1) is 7.11 Å². The van der Waals surface area contributed by atoms with Gasteiger partial charge in [-0.3, -0.25) is 0 Å². The molecule has 0 saturated heterocycles. The molecule has 0 radical (unpaired) electrons. The van der Waals surface area contributed by atoms with E-state index in [1.807, 2.05) is 0 Å². The monoisotopic (exact) mass is 330 g/mol. The minimum absolute atomic E-state index is 0.0514. The van der Waals surface area contributed by atoms with E-state index in [4.69, 9.17) is 4.74 Å². The molecule has 20 heavy (non-hydrogen) atoms. The number of sulfonamides is 1. The Labute approximate surface area is 118 Å². The SMILES string of the molecule is COc1cc(S(=O)(=O)NC(C)(C2CC2)C(F)(F)F)sn1. The lowest BCUT2D eigenvalue weighted by Gasteiger charge is -2.32. The third-order valence-corrected chi connectivity index (χ3v) is 6.06. The Hall–Kier alpha value is -0.870. The van der Waals surface area contributed by atoms with Crippen LogP contribution < -0.4 is 9.46 Å². The van der Waals surface area contributed by atoms with Crippen molar-refractivity contribution < 1.29 is 26.3 Å². The first-order valence-electron chi connectivity index (χ1n) is 5.71. The molecule has 1 aliphatic rings. The fraction of sp³-hybridized carbons (Fsp3) is 0.700. The number of aromatic nitrogens is 1. The molecule has 1 fully saturated rings. The molecule has 1 aromatic rings. The molecule has 0 aromatic carbocycles. The minimum Gasteiger partial charge on any atom is -0.480 e. The molecule has 1 unspecified atom stereocenters. The van der Waals surface area contributed by atoms with E-state index in [2.05, 4.69) is 4.37 Å². The lowest BCUT2D eigenvalue weighted by Crippen LogP contribution is -2.58. The highest BCUT2D eigenvalue weighted by molar-refractivity contribution is 7.91. The van der Waals surface area contributed by atoms with Gasteiger partial charge in [-0.2, -0.15) is 22.3 Å². The summed E-state index contributed by atoms with van der Waals surface area (Å²) in [4.78, 5) is 0. The quantitative estimate of drug-likeness (QED) is 0.898. The van der Waals surface area contributed by atoms with Gasteiger partial charge < -0.3 is 4.74 Å². The van der Waals surface area contributed by atoms with Crippen LogP contribution in [0.5, 0.6) is 5.88 Å². The van der Waals surface area contributed by atoms with E-state index in [-0.39, 0.29) is 10.1 Å². The number of halogens is 3. The van der Waals surface area contributed by atoms with Crippen LogP contribution in [0.3, 0.4) is 0 Å². The molecule has 1 heterocycles. The van der Waals surface area contributed by atoms with Crippen molar-refractivity contribution in [2.45, 2.75) is 35.7 Å². The second-order valence-corrected chi connectivity index (χ2v) is 7.48. The van der Waals surface area contributed by atoms with Crippen molar-refractivity contribution in [3.05, 3.63) is 6.07 Å². The number of nitrogens with one attached hydrogen (secondary N) is 1. The predicted molar refractivity (Wildman–Crippen MR) is 66.2 cm³/mol. The summed E-state index contributed by atoms with van der Waals surface area (Å²) < 4.78 is 73.5. The Morgan fingerprint density at radius 1 is 1.45 bits per heavy atom. The molecular weight excluding hydrogens is 317 g/mol. The molecule has 1 atom stereocenters. The van der Waals surface area contributed by atoms with Crippen LogP contribution in [0.2, 0.25) is 0 Å². The van der Waals surface area contributed by atoms with Crippen molar-refractivity contribution in [1.29, 1.82) is 0 Å². The number of hydrogen-bond donors (Lipinski definition) is 1. The second-order valence-electron chi connectivity index (χ2n) is 4.77. The van der Waals surface area contributed by atoms with Crippen LogP contribution in [0.15, 0.2) is 10.3 Å². The van der Waals surface area contributed by atoms with E-state index >= 15 is 0 Å². The van der Waals surface area contributed by atoms with Crippen molar-refractivity contribution >= 4 is 21.6 Å². The van der Waals surface area contributed by atoms with Gasteiger partial charge in [0.2, 0.25) is 5.88 Å². The molecule has 1 N–H and O–H groups in total. The van der Waals surface area contributed by atoms with E-state index in [9.17, 15) is 21.6 Å². The molecule has 5 nitrogen and oxygen atoms in total. The van der Waals surface area contributed by atoms with E-state index in [1.165, 1.54) is 7.11 Å². The second kappa shape index (κ2) is 4.85. The fourth-order valence-electron chi connectivity index (χ4n) is 1.83. The standard InChI is InChI=1S/C10H13F3N2O3S2/c1-9(6-3-4-6,10(11,12)13)15-20(16,17)8-5-7(18-2)14-19-8/h5-6,15H,3-4H2,1-2H3. The zero-order chi connectivity index (χ0) is 15.2. The number of ether oxygens (including phenoxy) is 1. The molecule has 0 bridgehead atoms. The summed E-state index contributed by atoms with van der Waals surface area (Å²) in [6.07, 6.45) is -3.95. The summed E-state index contributed by atoms with van der Waals surface area (Å²) in [7, 11) is -2.99. The smallest absolute Gasteiger partial charge is 0.407 e. The topological polar surface area (TPSA) is 68.3 Å². The highest BCUT2D eigenvalue weighted by atomic mass is 32.2. The first-order chi connectivity index (χ1) is 9.10. The van der Waals surface area contributed by atoms with Gasteiger partial charge in [-0.25, -0.2) is 8.42 Å². The van der Waals surface area contributed by atoms with Crippen molar-refractivity contribution in [3.63, 3.8) is 0 Å². The lowest BCUT2D eigenvalue weighted by atomic mass is 9.97. The minimum atomic E-state index is -4.66. The highest BCUT2D eigenvalue weighted by Gasteiger charge is 2.61. The predicted octanol–water partition coefficient (Wildman–Crippen LogP) is 2.16. The number of alkyl halides is 3. The van der Waals surface area contributed by atoms with Crippen LogP contribution in [0.1, 0.15) is 19.8 Å². The number of rotatable bonds is 5. The Bertz CT molecular complexity index is 595. The first-order valence-corrected chi connectivity index (χ1v) is 7.97. The van der Waals surface area contributed by atoms with Crippen molar-refractivity contribution in [2.75, 3.05) is 7.11 Å². The average Bonchev–Trinajstić information content (AvgIpc) is 3.05. The van der Waals surface area contributed by atoms with Gasteiger partial charge in [0.25, 0.3) is 10.0 Å². The van der Waals surface area contributed by atoms with Crippen LogP contribution in [0.25, 0.3) is 0 Å². The zero-order valence-electron chi connectivity index (χ0n) is 10.7. The van der Waals surface area contributed by atoms with Gasteiger partial charge in [-0.05, 0) is 37.2 Å². The zero-order valence-corrected chi connectivity index (χ0v) is 12.3. The van der Waals surface area contributed by atoms with Crippen molar-refractivity contribution in [3.8, 4) is 5.88 Å². The van der Waals surface area contributed by atoms with Crippen molar-refractivity contribution in [1.82, 2.24) is 9.10 Å². The Balaban J connectivity index is 2.30. The van der Waals surface area contributed by atoms with Gasteiger partial charge in [-0.15, -0.1) is 0 Å². The fourth-order valence-corrected chi connectivity index (χ4v) is 4.12. The molecule has 10 heteroatoms. The van der Waals surface area contributed by atoms with Crippen molar-refractivity contribution in [2.24, 2.45) is 5.92 Å². The molecule has 1 aliphatic carbocycles. The third-order valence-electron chi connectivity index (χ3n) is 3.27. The highest BCUT2D eigenvalue weighted by Crippen LogP contribution is 2.48. The molecule has 0 amide bonds. The maximum Gasteiger partial charge on any atom is 0.407 e. The number of nitrogens with zero attached hydrogens (tertiary/aromatic N) is 1. The third kappa shape index (κ3) is 2.77. The van der Waals surface area contributed by atoms with Gasteiger partial charge >= 0.3 is 6.18 Å². The maximum absolute atomic E-state index is 13.1. The summed E-state index contributed by atoms with van der Waals surface area (Å²) >= 11 is 0.572. The molecular formula is C10H13F3N2O3S2. The summed E-state index contributed by atoms with van der Waals surface area (Å²) in [5, 5.41) is 0. The summed E-state index contributed by atoms with van der Waals surface area (Å²) in [6.45, 7) is 0.875. The van der Waals surface area contributed by atoms with Crippen LogP contribution in [-0.4, -0.2) is 31.6 Å². The summed E-state index contributed by atoms with van der Waals surface area (Å²) in [5.41, 5.74) is -2.46. The van der Waals surface area contributed by atoms with E-state index < -0.39 is 27.7 Å². The van der Waals surface area contributed by atoms with Crippen LogP contribution >= 0.6 is 11.5 Å². The molecule has 0 spiro atoms. The lowest BCUT2D eigenvalue weighted by molar-refractivity contribution is -0.191. The summed E-state index contributed by atoms with van der Waals surface area (Å²) in [6, 6.07) is 1.09. The van der Waals surface area contributed by atoms with Crippen LogP contribution in [0, 0.1) is 5.92 Å². The van der Waals surface area contributed by atoms with E-state index in [1.54, 1.807) is 4.72 Å². The van der Waals surface area contributed by atoms with Gasteiger partial charge in [0.15, 0.2) is 4.21 Å². The number of hydrogen-bond acceptors (Lipinski definition) is 5.